The Labute approximate surface area is 117 Å². The van der Waals surface area contributed by atoms with E-state index in [-0.39, 0.29) is 5.56 Å². The van der Waals surface area contributed by atoms with E-state index in [1.54, 1.807) is 24.5 Å². The lowest BCUT2D eigenvalue weighted by Gasteiger charge is -1.97. The third-order valence-electron chi connectivity index (χ3n) is 2.56. The normalized spacial score (nSPS) is 11.4. The summed E-state index contributed by atoms with van der Waals surface area (Å²) in [6.07, 6.45) is 6.69. The Balaban J connectivity index is 2.05. The van der Waals surface area contributed by atoms with Gasteiger partial charge in [0.25, 0.3) is 5.56 Å². The summed E-state index contributed by atoms with van der Waals surface area (Å²) >= 11 is 7.51. The van der Waals surface area contributed by atoms with E-state index in [1.807, 2.05) is 17.5 Å². The fraction of sp³-hybridized carbons (Fsp3) is 0. The number of fused-ring (bicyclic) bond motifs is 1. The molecular weight excluding hydrogens is 282 g/mol. The maximum Gasteiger partial charge on any atom is 0.259 e. The van der Waals surface area contributed by atoms with E-state index in [1.165, 1.54) is 11.3 Å². The molecule has 0 bridgehead atoms. The Morgan fingerprint density at radius 3 is 3.00 bits per heavy atom. The number of thiophene rings is 1. The van der Waals surface area contributed by atoms with Crippen LogP contribution in [0.5, 0.6) is 0 Å². The summed E-state index contributed by atoms with van der Waals surface area (Å²) in [6, 6.07) is 3.47. The zero-order valence-corrected chi connectivity index (χ0v) is 11.2. The van der Waals surface area contributed by atoms with Crippen LogP contribution in [0.1, 0.15) is 10.7 Å². The first-order valence-corrected chi connectivity index (χ1v) is 6.75. The van der Waals surface area contributed by atoms with Gasteiger partial charge in [0.2, 0.25) is 0 Å². The number of hydrogen-bond acceptors (Lipinski definition) is 4. The Morgan fingerprint density at radius 1 is 1.32 bits per heavy atom. The second-order valence-electron chi connectivity index (χ2n) is 3.81. The number of nitrogens with one attached hydrogen (secondary N) is 1. The Bertz CT molecular complexity index is 822. The molecule has 0 aromatic carbocycles. The molecule has 3 heterocycles. The number of hydrogen-bond donors (Lipinski definition) is 1. The first-order chi connectivity index (χ1) is 9.24. The van der Waals surface area contributed by atoms with Gasteiger partial charge in [-0.1, -0.05) is 11.6 Å². The maximum absolute atomic E-state index is 11.8. The molecule has 3 aromatic rings. The lowest BCUT2D eigenvalue weighted by atomic mass is 10.3. The zero-order valence-electron chi connectivity index (χ0n) is 9.63. The number of pyridine rings is 1. The van der Waals surface area contributed by atoms with E-state index in [2.05, 4.69) is 15.0 Å². The molecule has 94 valence electrons. The molecule has 0 atom stereocenters. The van der Waals surface area contributed by atoms with Crippen LogP contribution in [0.15, 0.2) is 34.7 Å². The number of nitrogens with zero attached hydrogens (tertiary/aromatic N) is 2. The highest BCUT2D eigenvalue weighted by Gasteiger charge is 2.02. The van der Waals surface area contributed by atoms with Gasteiger partial charge in [0.1, 0.15) is 5.82 Å². The van der Waals surface area contributed by atoms with Crippen LogP contribution in [0.4, 0.5) is 0 Å². The van der Waals surface area contributed by atoms with Crippen molar-refractivity contribution in [1.29, 1.82) is 0 Å². The van der Waals surface area contributed by atoms with Crippen LogP contribution in [0.25, 0.3) is 23.1 Å². The summed E-state index contributed by atoms with van der Waals surface area (Å²) in [4.78, 5) is 23.8. The predicted molar refractivity (Wildman–Crippen MR) is 78.4 cm³/mol. The molecule has 0 aliphatic heterocycles. The summed E-state index contributed by atoms with van der Waals surface area (Å²) in [5.41, 5.74) is 0.396. The predicted octanol–water partition coefficient (Wildman–Crippen LogP) is 3.20. The van der Waals surface area contributed by atoms with E-state index < -0.39 is 0 Å². The van der Waals surface area contributed by atoms with Crippen molar-refractivity contribution in [2.24, 2.45) is 0 Å². The number of rotatable bonds is 2. The summed E-state index contributed by atoms with van der Waals surface area (Å²) in [5.74, 6) is 0.481. The summed E-state index contributed by atoms with van der Waals surface area (Å²) in [6.45, 7) is 0. The second-order valence-corrected chi connectivity index (χ2v) is 5.17. The van der Waals surface area contributed by atoms with Gasteiger partial charge < -0.3 is 4.98 Å². The Morgan fingerprint density at radius 2 is 2.21 bits per heavy atom. The second kappa shape index (κ2) is 4.95. The highest BCUT2D eigenvalue weighted by atomic mass is 35.5. The number of halogens is 1. The first-order valence-electron chi connectivity index (χ1n) is 5.49. The molecule has 0 radical (unpaired) electrons. The van der Waals surface area contributed by atoms with Gasteiger partial charge in [-0.3, -0.25) is 9.78 Å². The molecule has 1 N–H and O–H groups in total. The van der Waals surface area contributed by atoms with Crippen LogP contribution in [0.2, 0.25) is 5.02 Å². The number of H-pyrrole nitrogens is 1. The van der Waals surface area contributed by atoms with Crippen molar-refractivity contribution in [3.63, 3.8) is 0 Å². The lowest BCUT2D eigenvalue weighted by molar-refractivity contribution is 1.13. The Kier molecular flexibility index (Phi) is 3.15. The van der Waals surface area contributed by atoms with Crippen LogP contribution < -0.4 is 5.56 Å². The van der Waals surface area contributed by atoms with Gasteiger partial charge in [-0.2, -0.15) is 0 Å². The third kappa shape index (κ3) is 2.43. The molecule has 0 aliphatic carbocycles. The van der Waals surface area contributed by atoms with Crippen molar-refractivity contribution in [2.75, 3.05) is 0 Å². The van der Waals surface area contributed by atoms with Crippen molar-refractivity contribution in [2.45, 2.75) is 0 Å². The fourth-order valence-electron chi connectivity index (χ4n) is 1.67. The van der Waals surface area contributed by atoms with Crippen molar-refractivity contribution in [1.82, 2.24) is 15.0 Å². The van der Waals surface area contributed by atoms with Gasteiger partial charge in [-0.25, -0.2) is 4.98 Å². The average molecular weight is 290 g/mol. The molecule has 6 heteroatoms. The lowest BCUT2D eigenvalue weighted by Crippen LogP contribution is -2.09. The van der Waals surface area contributed by atoms with Crippen LogP contribution in [0, 0.1) is 0 Å². The van der Waals surface area contributed by atoms with Crippen LogP contribution in [-0.2, 0) is 0 Å². The van der Waals surface area contributed by atoms with Crippen LogP contribution in [0.3, 0.4) is 0 Å². The molecule has 4 nitrogen and oxygen atoms in total. The van der Waals surface area contributed by atoms with Gasteiger partial charge in [0.15, 0.2) is 0 Å². The third-order valence-corrected chi connectivity index (χ3v) is 3.89. The van der Waals surface area contributed by atoms with E-state index in [0.717, 1.165) is 4.88 Å². The van der Waals surface area contributed by atoms with Crippen LogP contribution in [-0.4, -0.2) is 15.0 Å². The first kappa shape index (κ1) is 12.1. The van der Waals surface area contributed by atoms with Crippen LogP contribution >= 0.6 is 22.9 Å². The highest BCUT2D eigenvalue weighted by Crippen LogP contribution is 2.23. The van der Waals surface area contributed by atoms with Gasteiger partial charge in [0, 0.05) is 11.1 Å². The minimum Gasteiger partial charge on any atom is -0.306 e. The van der Waals surface area contributed by atoms with E-state index in [4.69, 9.17) is 11.6 Å². The van der Waals surface area contributed by atoms with Crippen molar-refractivity contribution < 1.29 is 0 Å². The SMILES string of the molecule is O=c1[nH]c(C=Cc2sccc2Cl)nc2cnccc12. The van der Waals surface area contributed by atoms with Gasteiger partial charge in [-0.05, 0) is 29.7 Å². The largest absolute Gasteiger partial charge is 0.306 e. The molecule has 3 aromatic heterocycles. The van der Waals surface area contributed by atoms with E-state index in [0.29, 0.717) is 21.7 Å². The molecule has 0 unspecified atom stereocenters. The number of aromatic amines is 1. The summed E-state index contributed by atoms with van der Waals surface area (Å²) < 4.78 is 0. The standard InChI is InChI=1S/C13H8ClN3OS/c14-9-4-6-19-11(9)1-2-12-16-10-7-15-5-3-8(10)13(18)17-12/h1-7H,(H,16,17,18). The molecular formula is C13H8ClN3OS. The Hall–Kier alpha value is -1.98. The minimum atomic E-state index is -0.177. The van der Waals surface area contributed by atoms with Gasteiger partial charge in [0.05, 0.1) is 22.1 Å². The number of aromatic nitrogens is 3. The maximum atomic E-state index is 11.8. The van der Waals surface area contributed by atoms with Gasteiger partial charge >= 0.3 is 0 Å². The molecule has 0 saturated carbocycles. The molecule has 0 aliphatic rings. The molecule has 0 spiro atoms. The van der Waals surface area contributed by atoms with E-state index >= 15 is 0 Å². The smallest absolute Gasteiger partial charge is 0.259 e. The van der Waals surface area contributed by atoms with Crippen molar-refractivity contribution >= 4 is 46.0 Å². The van der Waals surface area contributed by atoms with Crippen molar-refractivity contribution in [3.05, 3.63) is 56.0 Å². The monoisotopic (exact) mass is 289 g/mol. The van der Waals surface area contributed by atoms with Gasteiger partial charge in [-0.15, -0.1) is 11.3 Å². The topological polar surface area (TPSA) is 58.6 Å². The zero-order chi connectivity index (χ0) is 13.2. The summed E-state index contributed by atoms with van der Waals surface area (Å²) in [7, 11) is 0. The molecule has 19 heavy (non-hydrogen) atoms. The highest BCUT2D eigenvalue weighted by molar-refractivity contribution is 7.11. The average Bonchev–Trinajstić information content (AvgIpc) is 2.82. The minimum absolute atomic E-state index is 0.177. The quantitative estimate of drug-likeness (QED) is 0.788. The van der Waals surface area contributed by atoms with Crippen molar-refractivity contribution in [3.8, 4) is 0 Å². The molecule has 3 rings (SSSR count). The summed E-state index contributed by atoms with van der Waals surface area (Å²) in [5, 5.41) is 3.12. The fourth-order valence-corrected chi connectivity index (χ4v) is 2.68. The van der Waals surface area contributed by atoms with E-state index in [9.17, 15) is 4.79 Å². The molecule has 0 fully saturated rings. The molecule has 0 amide bonds. The molecule has 0 saturated heterocycles.